The Labute approximate surface area is 877 Å². The van der Waals surface area contributed by atoms with Gasteiger partial charge in [0.25, 0.3) is 0 Å². The first-order chi connectivity index (χ1) is 71.4. The Morgan fingerprint density at radius 2 is 0.541 bits per heavy atom. The number of aliphatic hydroxyl groups is 2. The second-order valence-electron chi connectivity index (χ2n) is 38.9. The molecule has 16 aromatic rings. The molecule has 0 saturated heterocycles. The number of rotatable bonds is 44. The van der Waals surface area contributed by atoms with Gasteiger partial charge in [0.2, 0.25) is 23.8 Å². The van der Waals surface area contributed by atoms with Crippen LogP contribution in [-0.2, 0) is 25.7 Å². The predicted molar refractivity (Wildman–Crippen MR) is 604 cm³/mol. The minimum absolute atomic E-state index is 0.161. The van der Waals surface area contributed by atoms with Crippen LogP contribution in [0.5, 0.6) is 0 Å². The van der Waals surface area contributed by atoms with Gasteiger partial charge in [0.15, 0.2) is 23.1 Å². The number of aryl methyl sites for hydroxylation is 2. The Morgan fingerprint density at radius 3 is 0.795 bits per heavy atom. The van der Waals surface area contributed by atoms with E-state index in [2.05, 4.69) is 204 Å². The van der Waals surface area contributed by atoms with E-state index < -0.39 is 0 Å². The van der Waals surface area contributed by atoms with Crippen LogP contribution in [0, 0.1) is 23.7 Å². The fraction of sp³-hybridized carbons (Fsp3) is 0.323. The van der Waals surface area contributed by atoms with Crippen molar-refractivity contribution in [2.45, 2.75) is 219 Å². The van der Waals surface area contributed by atoms with Gasteiger partial charge in [-0.2, -0.15) is 0 Å². The Bertz CT molecular complexity index is 6370. The van der Waals surface area contributed by atoms with Gasteiger partial charge in [-0.15, -0.1) is 45.3 Å². The highest BCUT2D eigenvalue weighted by Gasteiger charge is 2.27. The maximum Gasteiger partial charge on any atom is 0.227 e. The molecule has 6 N–H and O–H groups in total. The number of carbonyl (C=O) groups excluding carboxylic acids is 4. The van der Waals surface area contributed by atoms with E-state index in [9.17, 15) is 29.4 Å². The lowest BCUT2D eigenvalue weighted by Crippen LogP contribution is -2.17. The number of carbonyl (C=O) groups is 4. The van der Waals surface area contributed by atoms with E-state index in [0.717, 1.165) is 123 Å². The molecular weight excluding hydrogens is 1880 g/mol. The highest BCUT2D eigenvalue weighted by atomic mass is 32.1. The van der Waals surface area contributed by atoms with Crippen LogP contribution < -0.4 is 21.3 Å². The van der Waals surface area contributed by atoms with Gasteiger partial charge in [0.1, 0.15) is 0 Å². The SMILES string of the molecule is CCCCCc1cccc(Nc2nccc(-c3ccc(C(=O)C[C@H](C)c4ccccc4)s3)n2)c1.CCCCCc1cccc(Nc2nccc(-c3ccc(C(=O)C[C@H](C)c4ccccc4)s3)n2)c1.C[C@@H](CC(=O)c1ccc(-c2ccnc(Nc3cccc(CC4CCC(CCO)CC4)c3)n2)s1)c1ccccc1.C[C@@H](CC(=O)c1ccc(-c2ccnc(Nc3cccc(CC4CCC(CCO)CC4)c3)n2)s1)c1ccccc1. The number of anilines is 8. The minimum Gasteiger partial charge on any atom is -0.396 e. The maximum absolute atomic E-state index is 13.0. The number of Topliss-reactive ketones (excluding diaryl/α,β-unsaturated/α-hetero) is 4. The van der Waals surface area contributed by atoms with Crippen molar-refractivity contribution in [1.29, 1.82) is 0 Å². The van der Waals surface area contributed by atoms with Crippen LogP contribution in [-0.4, -0.2) is 86.4 Å². The monoisotopic (exact) mass is 2020 g/mol. The standard InChI is InChI=1S/2C33H37N3O2S.2C29H31N3OS/c2*1-23(27-7-3-2-4-8-27)20-30(38)32-15-14-31(39-32)29-16-18-34-33(36-29)35-28-9-5-6-26(22-28)21-25-12-10-24(11-13-25)17-19-37;2*1-3-4-6-10-22-11-9-14-24(20-22)31-29-30-18-17-25(32-29)27-15-16-28(34-27)26(33)19-21(2)23-12-7-5-8-13-23/h2*2-9,14-16,18,22-25,37H,10-13,17,19-21H2,1H3,(H,34,35,36);2*5,7-9,11-18,20-21H,3-4,6,10,19H2,1-2H3,(H,30,31,32)/t2*23-,24?,25?;2*21-/m0000/s1. The third-order valence-electron chi connectivity index (χ3n) is 27.5. The van der Waals surface area contributed by atoms with Crippen LogP contribution in [0.15, 0.2) is 316 Å². The van der Waals surface area contributed by atoms with Crippen molar-refractivity contribution in [3.05, 3.63) is 380 Å². The number of hydrogen-bond acceptors (Lipinski definition) is 22. The highest BCUT2D eigenvalue weighted by Crippen LogP contribution is 2.40. The van der Waals surface area contributed by atoms with Gasteiger partial charge in [0.05, 0.1) is 61.8 Å². The van der Waals surface area contributed by atoms with Crippen LogP contribution >= 0.6 is 45.3 Å². The fourth-order valence-electron chi connectivity index (χ4n) is 19.2. The molecular formula is C124H136N12O6S4. The first-order valence-electron chi connectivity index (χ1n) is 52.1. The highest BCUT2D eigenvalue weighted by molar-refractivity contribution is 7.18. The molecule has 0 bridgehead atoms. The van der Waals surface area contributed by atoms with Gasteiger partial charge in [-0.25, -0.2) is 39.9 Å². The van der Waals surface area contributed by atoms with E-state index >= 15 is 0 Å². The minimum atomic E-state index is 0.161. The number of benzene rings is 8. The zero-order valence-electron chi connectivity index (χ0n) is 84.8. The Balaban J connectivity index is 0.000000146. The van der Waals surface area contributed by atoms with Crippen LogP contribution in [0.1, 0.15) is 277 Å². The number of aliphatic hydroxyl groups excluding tert-OH is 2. The van der Waals surface area contributed by atoms with Gasteiger partial charge >= 0.3 is 0 Å². The first kappa shape index (κ1) is 107. The summed E-state index contributed by atoms with van der Waals surface area (Å²) in [6, 6.07) is 97.8. The Morgan fingerprint density at radius 1 is 0.295 bits per heavy atom. The zero-order valence-corrected chi connectivity index (χ0v) is 88.0. The molecule has 0 spiro atoms. The number of thiophene rings is 4. The molecule has 2 saturated carbocycles. The van der Waals surface area contributed by atoms with E-state index in [-0.39, 0.29) is 46.8 Å². The number of aromatic nitrogens is 8. The molecule has 2 aliphatic carbocycles. The quantitative estimate of drug-likeness (QED) is 0.0153. The Hall–Kier alpha value is -13.3. The molecule has 8 aromatic heterocycles. The van der Waals surface area contributed by atoms with Crippen LogP contribution in [0.2, 0.25) is 0 Å². The third-order valence-corrected chi connectivity index (χ3v) is 32.1. The summed E-state index contributed by atoms with van der Waals surface area (Å²) >= 11 is 5.96. The summed E-state index contributed by atoms with van der Waals surface area (Å²) in [7, 11) is 0. The Kier molecular flexibility index (Phi) is 40.9. The van der Waals surface area contributed by atoms with E-state index in [1.807, 2.05) is 170 Å². The fourth-order valence-corrected chi connectivity index (χ4v) is 22.9. The largest absolute Gasteiger partial charge is 0.396 e. The van der Waals surface area contributed by atoms with E-state index in [4.69, 9.17) is 19.9 Å². The van der Waals surface area contributed by atoms with Gasteiger partial charge in [-0.1, -0.05) is 263 Å². The zero-order chi connectivity index (χ0) is 102. The van der Waals surface area contributed by atoms with Crippen molar-refractivity contribution >= 4 is 115 Å². The topological polar surface area (TPSA) is 260 Å². The summed E-state index contributed by atoms with van der Waals surface area (Å²) in [5, 5.41) is 31.8. The normalized spacial score (nSPS) is 15.1. The molecule has 18 nitrogen and oxygen atoms in total. The van der Waals surface area contributed by atoms with E-state index in [1.54, 1.807) is 24.8 Å². The summed E-state index contributed by atoms with van der Waals surface area (Å²) in [5.74, 6) is 6.40. The summed E-state index contributed by atoms with van der Waals surface area (Å²) in [6.45, 7) is 13.5. The smallest absolute Gasteiger partial charge is 0.227 e. The average molecular weight is 2020 g/mol. The third kappa shape index (κ3) is 32.8. The molecule has 146 heavy (non-hydrogen) atoms. The molecule has 8 aromatic carbocycles. The second-order valence-corrected chi connectivity index (χ2v) is 43.2. The average Bonchev–Trinajstić information content (AvgIpc) is 1.67. The van der Waals surface area contributed by atoms with Gasteiger partial charge in [0, 0.05) is 86.4 Å². The van der Waals surface area contributed by atoms with Crippen molar-refractivity contribution in [3.8, 4) is 42.3 Å². The molecule has 0 amide bonds. The molecule has 18 rings (SSSR count). The van der Waals surface area contributed by atoms with Gasteiger partial charge in [-0.3, -0.25) is 19.2 Å². The van der Waals surface area contributed by atoms with Crippen LogP contribution in [0.3, 0.4) is 0 Å². The summed E-state index contributed by atoms with van der Waals surface area (Å²) in [5.41, 5.74) is 17.2. The lowest BCUT2D eigenvalue weighted by molar-refractivity contribution is 0.0971. The van der Waals surface area contributed by atoms with Crippen molar-refractivity contribution in [1.82, 2.24) is 39.9 Å². The molecule has 2 aliphatic rings. The lowest BCUT2D eigenvalue weighted by Gasteiger charge is -2.28. The van der Waals surface area contributed by atoms with Crippen LogP contribution in [0.4, 0.5) is 46.5 Å². The maximum atomic E-state index is 13.0. The molecule has 22 heteroatoms. The predicted octanol–water partition coefficient (Wildman–Crippen LogP) is 32.2. The summed E-state index contributed by atoms with van der Waals surface area (Å²) in [6.07, 6.45) is 32.4. The molecule has 752 valence electrons. The van der Waals surface area contributed by atoms with Crippen molar-refractivity contribution in [2.75, 3.05) is 34.5 Å². The van der Waals surface area contributed by atoms with Crippen molar-refractivity contribution in [3.63, 3.8) is 0 Å². The number of unbranched alkanes of at least 4 members (excludes halogenated alkanes) is 4. The molecule has 0 aliphatic heterocycles. The number of nitrogens with zero attached hydrogens (tertiary/aromatic N) is 8. The lowest BCUT2D eigenvalue weighted by atomic mass is 9.78. The molecule has 4 atom stereocenters. The van der Waals surface area contributed by atoms with Crippen molar-refractivity contribution in [2.24, 2.45) is 23.7 Å². The molecule has 0 unspecified atom stereocenters. The molecule has 0 radical (unpaired) electrons. The summed E-state index contributed by atoms with van der Waals surface area (Å²) in [4.78, 5) is 95.1. The van der Waals surface area contributed by atoms with E-state index in [1.165, 1.54) is 180 Å². The molecule has 2 fully saturated rings. The first-order valence-corrected chi connectivity index (χ1v) is 55.4. The van der Waals surface area contributed by atoms with Crippen molar-refractivity contribution < 1.29 is 29.4 Å². The molecule has 8 heterocycles. The van der Waals surface area contributed by atoms with E-state index in [0.29, 0.717) is 86.4 Å². The van der Waals surface area contributed by atoms with Gasteiger partial charge in [-0.05, 0) is 290 Å². The van der Waals surface area contributed by atoms with Crippen LogP contribution in [0.25, 0.3) is 42.3 Å². The number of hydrogen-bond donors (Lipinski definition) is 6. The summed E-state index contributed by atoms with van der Waals surface area (Å²) < 4.78 is 0. The number of nitrogens with one attached hydrogen (secondary N) is 4. The number of ketones is 4. The van der Waals surface area contributed by atoms with Gasteiger partial charge < -0.3 is 31.5 Å². The second kappa shape index (κ2) is 55.8.